The van der Waals surface area contributed by atoms with E-state index in [1.54, 1.807) is 46.8 Å². The number of carbonyl (C=O) groups is 1. The van der Waals surface area contributed by atoms with Crippen molar-refractivity contribution in [2.24, 2.45) is 5.73 Å². The third kappa shape index (κ3) is 2.32. The molecule has 2 N–H and O–H groups in total. The van der Waals surface area contributed by atoms with E-state index in [9.17, 15) is 4.79 Å². The van der Waals surface area contributed by atoms with Crippen molar-refractivity contribution in [2.75, 3.05) is 18.2 Å². The van der Waals surface area contributed by atoms with Gasteiger partial charge in [0.1, 0.15) is 6.04 Å². The summed E-state index contributed by atoms with van der Waals surface area (Å²) in [5, 5.41) is 8.20. The lowest BCUT2D eigenvalue weighted by Gasteiger charge is -2.10. The van der Waals surface area contributed by atoms with E-state index < -0.39 is 6.04 Å². The number of rotatable bonds is 3. The molecule has 0 radical (unpaired) electrons. The lowest BCUT2D eigenvalue weighted by Crippen LogP contribution is -2.27. The molecule has 20 heavy (non-hydrogen) atoms. The number of nitrogens with two attached hydrogens (primary N) is 1. The van der Waals surface area contributed by atoms with Crippen LogP contribution in [-0.4, -0.2) is 29.4 Å². The Kier molecular flexibility index (Phi) is 3.72. The number of thioether (sulfide) groups is 1. The first kappa shape index (κ1) is 13.9. The van der Waals surface area contributed by atoms with E-state index in [1.807, 2.05) is 24.5 Å². The van der Waals surface area contributed by atoms with Crippen LogP contribution in [0.3, 0.4) is 0 Å². The molecule has 1 aliphatic rings. The van der Waals surface area contributed by atoms with Gasteiger partial charge in [-0.2, -0.15) is 0 Å². The summed E-state index contributed by atoms with van der Waals surface area (Å²) in [4.78, 5) is 14.5. The molecule has 0 saturated carbocycles. The smallest absolute Gasteiger partial charge is 0.248 e. The SMILES string of the molecule is CSc1nnc(Sc2ccc3c(c2)N(C)C(=O)C3N)s1. The van der Waals surface area contributed by atoms with Crippen LogP contribution >= 0.6 is 34.9 Å². The molecule has 0 aliphatic carbocycles. The van der Waals surface area contributed by atoms with Gasteiger partial charge in [-0.15, -0.1) is 10.2 Å². The maximum atomic E-state index is 11.8. The molecule has 1 atom stereocenters. The van der Waals surface area contributed by atoms with E-state index in [-0.39, 0.29) is 5.91 Å². The summed E-state index contributed by atoms with van der Waals surface area (Å²) >= 11 is 4.69. The third-order valence-electron chi connectivity index (χ3n) is 3.06. The Labute approximate surface area is 128 Å². The molecule has 2 aromatic rings. The minimum Gasteiger partial charge on any atom is -0.316 e. The molecule has 1 aromatic heterocycles. The Morgan fingerprint density at radius 1 is 1.35 bits per heavy atom. The second-order valence-corrected chi connectivity index (χ2v) is 7.59. The highest BCUT2D eigenvalue weighted by molar-refractivity contribution is 8.03. The van der Waals surface area contributed by atoms with Crippen molar-refractivity contribution in [2.45, 2.75) is 19.6 Å². The number of likely N-dealkylation sites (N-methyl/N-ethyl adjacent to an activating group) is 1. The summed E-state index contributed by atoms with van der Waals surface area (Å²) in [6.07, 6.45) is 1.98. The van der Waals surface area contributed by atoms with Crippen molar-refractivity contribution >= 4 is 46.5 Å². The van der Waals surface area contributed by atoms with Gasteiger partial charge in [0.05, 0.1) is 0 Å². The van der Waals surface area contributed by atoms with E-state index in [0.29, 0.717) is 0 Å². The molecule has 5 nitrogen and oxygen atoms in total. The first-order valence-corrected chi connectivity index (χ1v) is 8.68. The zero-order chi connectivity index (χ0) is 14.3. The number of amides is 1. The molecule has 0 saturated heterocycles. The summed E-state index contributed by atoms with van der Waals surface area (Å²) in [6.45, 7) is 0. The van der Waals surface area contributed by atoms with Crippen molar-refractivity contribution in [1.82, 2.24) is 10.2 Å². The van der Waals surface area contributed by atoms with Gasteiger partial charge in [-0.05, 0) is 18.4 Å². The lowest BCUT2D eigenvalue weighted by molar-refractivity contribution is -0.118. The van der Waals surface area contributed by atoms with Gasteiger partial charge in [0.25, 0.3) is 0 Å². The zero-order valence-corrected chi connectivity index (χ0v) is 13.3. The zero-order valence-electron chi connectivity index (χ0n) is 10.9. The molecule has 8 heteroatoms. The predicted molar refractivity (Wildman–Crippen MR) is 82.6 cm³/mol. The van der Waals surface area contributed by atoms with Crippen molar-refractivity contribution in [3.8, 4) is 0 Å². The number of aromatic nitrogens is 2. The van der Waals surface area contributed by atoms with Gasteiger partial charge in [-0.1, -0.05) is 40.9 Å². The van der Waals surface area contributed by atoms with Crippen LogP contribution in [0, 0.1) is 0 Å². The van der Waals surface area contributed by atoms with Crippen molar-refractivity contribution in [1.29, 1.82) is 0 Å². The van der Waals surface area contributed by atoms with Crippen LogP contribution in [-0.2, 0) is 4.79 Å². The summed E-state index contributed by atoms with van der Waals surface area (Å²) in [7, 11) is 1.75. The Morgan fingerprint density at radius 3 is 2.80 bits per heavy atom. The number of hydrogen-bond donors (Lipinski definition) is 1. The van der Waals surface area contributed by atoms with Crippen LogP contribution in [0.1, 0.15) is 11.6 Å². The van der Waals surface area contributed by atoms with Crippen molar-refractivity contribution < 1.29 is 4.79 Å². The standard InChI is InChI=1S/C12H12N4OS3/c1-16-8-5-6(3-4-7(8)9(13)10(16)17)19-12-15-14-11(18-2)20-12/h3-5,9H,13H2,1-2H3. The summed E-state index contributed by atoms with van der Waals surface area (Å²) in [5.74, 6) is -0.0669. The monoisotopic (exact) mass is 324 g/mol. The molecular formula is C12H12N4OS3. The Hall–Kier alpha value is -1.09. The molecule has 0 bridgehead atoms. The van der Waals surface area contributed by atoms with Gasteiger partial charge < -0.3 is 10.6 Å². The number of fused-ring (bicyclic) bond motifs is 1. The maximum Gasteiger partial charge on any atom is 0.248 e. The maximum absolute atomic E-state index is 11.8. The molecule has 1 aliphatic heterocycles. The fourth-order valence-corrected chi connectivity index (χ4v) is 4.47. The first-order chi connectivity index (χ1) is 9.60. The van der Waals surface area contributed by atoms with E-state index in [0.717, 1.165) is 24.8 Å². The molecule has 104 valence electrons. The normalized spacial score (nSPS) is 17.6. The number of anilines is 1. The lowest BCUT2D eigenvalue weighted by atomic mass is 10.1. The van der Waals surface area contributed by atoms with Crippen LogP contribution < -0.4 is 10.6 Å². The van der Waals surface area contributed by atoms with Crippen LogP contribution in [0.2, 0.25) is 0 Å². The molecule has 1 aromatic carbocycles. The summed E-state index contributed by atoms with van der Waals surface area (Å²) in [5.41, 5.74) is 7.64. The molecular weight excluding hydrogens is 312 g/mol. The minimum atomic E-state index is -0.543. The second-order valence-electron chi connectivity index (χ2n) is 4.24. The average Bonchev–Trinajstić information content (AvgIpc) is 2.99. The highest BCUT2D eigenvalue weighted by atomic mass is 32.2. The topological polar surface area (TPSA) is 72.1 Å². The van der Waals surface area contributed by atoms with Gasteiger partial charge in [-0.3, -0.25) is 4.79 Å². The molecule has 1 unspecified atom stereocenters. The Morgan fingerprint density at radius 2 is 2.10 bits per heavy atom. The molecule has 0 fully saturated rings. The number of benzene rings is 1. The Bertz CT molecular complexity index is 672. The van der Waals surface area contributed by atoms with Gasteiger partial charge >= 0.3 is 0 Å². The fraction of sp³-hybridized carbons (Fsp3) is 0.250. The van der Waals surface area contributed by atoms with E-state index in [1.165, 1.54) is 0 Å². The van der Waals surface area contributed by atoms with E-state index in [2.05, 4.69) is 10.2 Å². The molecule has 1 amide bonds. The first-order valence-electron chi connectivity index (χ1n) is 5.82. The Balaban J connectivity index is 1.88. The van der Waals surface area contributed by atoms with Crippen LogP contribution in [0.4, 0.5) is 5.69 Å². The van der Waals surface area contributed by atoms with Gasteiger partial charge in [0, 0.05) is 23.2 Å². The van der Waals surface area contributed by atoms with Crippen molar-refractivity contribution in [3.05, 3.63) is 23.8 Å². The quantitative estimate of drug-likeness (QED) is 0.874. The molecule has 2 heterocycles. The van der Waals surface area contributed by atoms with Crippen LogP contribution in [0.25, 0.3) is 0 Å². The summed E-state index contributed by atoms with van der Waals surface area (Å²) < 4.78 is 1.84. The van der Waals surface area contributed by atoms with E-state index >= 15 is 0 Å². The predicted octanol–water partition coefficient (Wildman–Crippen LogP) is 2.39. The van der Waals surface area contributed by atoms with Gasteiger partial charge in [0.2, 0.25) is 5.91 Å². The number of carbonyl (C=O) groups excluding carboxylic acids is 1. The highest BCUT2D eigenvalue weighted by Crippen LogP contribution is 2.39. The fourth-order valence-electron chi connectivity index (χ4n) is 2.02. The van der Waals surface area contributed by atoms with Crippen molar-refractivity contribution in [3.63, 3.8) is 0 Å². The molecule has 3 rings (SSSR count). The largest absolute Gasteiger partial charge is 0.316 e. The molecule has 0 spiro atoms. The van der Waals surface area contributed by atoms with Crippen LogP contribution in [0.5, 0.6) is 0 Å². The van der Waals surface area contributed by atoms with Gasteiger partial charge in [-0.25, -0.2) is 0 Å². The van der Waals surface area contributed by atoms with E-state index in [4.69, 9.17) is 5.73 Å². The summed E-state index contributed by atoms with van der Waals surface area (Å²) in [6, 6.07) is 5.32. The number of nitrogens with zero attached hydrogens (tertiary/aromatic N) is 3. The minimum absolute atomic E-state index is 0.0669. The van der Waals surface area contributed by atoms with Gasteiger partial charge in [0.15, 0.2) is 8.68 Å². The number of hydrogen-bond acceptors (Lipinski definition) is 7. The third-order valence-corrected chi connectivity index (χ3v) is 6.00. The van der Waals surface area contributed by atoms with Crippen LogP contribution in [0.15, 0.2) is 31.8 Å². The highest BCUT2D eigenvalue weighted by Gasteiger charge is 2.32. The average molecular weight is 324 g/mol. The second kappa shape index (κ2) is 5.36.